The average Bonchev–Trinajstić information content (AvgIpc) is 2.22. The van der Waals surface area contributed by atoms with Crippen LogP contribution in [0.2, 0.25) is 0 Å². The summed E-state index contributed by atoms with van der Waals surface area (Å²) in [6, 6.07) is -0.0839. The zero-order valence-corrected chi connectivity index (χ0v) is 11.4. The van der Waals surface area contributed by atoms with E-state index < -0.39 is 0 Å². The summed E-state index contributed by atoms with van der Waals surface area (Å²) in [7, 11) is 1.76. The van der Waals surface area contributed by atoms with Crippen LogP contribution in [0, 0.1) is 5.92 Å². The second-order valence-corrected chi connectivity index (χ2v) is 4.67. The summed E-state index contributed by atoms with van der Waals surface area (Å²) in [6.45, 7) is 4.23. The number of likely N-dealkylation sites (tertiary alicyclic amines) is 1. The standard InChI is InChI=1S/C11H21N3O2.ClH/c1-7(8(2)12)11(16)13-9-4-5-10(15)14(3)6-9;/h7-9H,4-6,12H2,1-3H3,(H,13,16);1H. The fourth-order valence-electron chi connectivity index (χ4n) is 1.70. The van der Waals surface area contributed by atoms with Gasteiger partial charge in [-0.1, -0.05) is 6.92 Å². The average molecular weight is 264 g/mol. The van der Waals surface area contributed by atoms with Gasteiger partial charge in [-0.05, 0) is 13.3 Å². The third kappa shape index (κ3) is 4.52. The number of halogens is 1. The number of nitrogens with one attached hydrogen (secondary N) is 1. The Kier molecular flexibility index (Phi) is 6.49. The lowest BCUT2D eigenvalue weighted by molar-refractivity contribution is -0.134. The largest absolute Gasteiger partial charge is 0.351 e. The molecule has 2 amide bonds. The summed E-state index contributed by atoms with van der Waals surface area (Å²) in [4.78, 5) is 24.7. The molecule has 1 aliphatic heterocycles. The van der Waals surface area contributed by atoms with Crippen molar-refractivity contribution in [3.63, 3.8) is 0 Å². The topological polar surface area (TPSA) is 75.4 Å². The Morgan fingerprint density at radius 2 is 2.12 bits per heavy atom. The van der Waals surface area contributed by atoms with E-state index in [0.717, 1.165) is 6.42 Å². The molecular formula is C11H22ClN3O2. The van der Waals surface area contributed by atoms with Crippen LogP contribution in [-0.2, 0) is 9.59 Å². The molecule has 1 saturated heterocycles. The molecule has 0 aromatic carbocycles. The second-order valence-electron chi connectivity index (χ2n) is 4.67. The Labute approximate surface area is 109 Å². The molecule has 3 atom stereocenters. The van der Waals surface area contributed by atoms with Gasteiger partial charge in [0.1, 0.15) is 0 Å². The number of piperidine rings is 1. The van der Waals surface area contributed by atoms with E-state index in [4.69, 9.17) is 5.73 Å². The molecule has 0 aliphatic carbocycles. The van der Waals surface area contributed by atoms with E-state index in [0.29, 0.717) is 13.0 Å². The summed E-state index contributed by atoms with van der Waals surface area (Å²) in [6.07, 6.45) is 1.23. The SMILES string of the molecule is CC(N)C(C)C(=O)NC1CCC(=O)N(C)C1.Cl. The van der Waals surface area contributed by atoms with E-state index in [9.17, 15) is 9.59 Å². The molecule has 0 bridgehead atoms. The number of carbonyl (C=O) groups excluding carboxylic acids is 2. The molecule has 5 nitrogen and oxygen atoms in total. The highest BCUT2D eigenvalue weighted by molar-refractivity contribution is 5.85. The highest BCUT2D eigenvalue weighted by atomic mass is 35.5. The summed E-state index contributed by atoms with van der Waals surface area (Å²) < 4.78 is 0. The summed E-state index contributed by atoms with van der Waals surface area (Å²) in [5, 5.41) is 2.94. The van der Waals surface area contributed by atoms with Crippen LogP contribution in [0.3, 0.4) is 0 Å². The van der Waals surface area contributed by atoms with Gasteiger partial charge in [0.15, 0.2) is 0 Å². The maximum atomic E-state index is 11.7. The van der Waals surface area contributed by atoms with Gasteiger partial charge in [-0.25, -0.2) is 0 Å². The van der Waals surface area contributed by atoms with Gasteiger partial charge in [0.2, 0.25) is 11.8 Å². The van der Waals surface area contributed by atoms with Gasteiger partial charge in [0, 0.05) is 38.0 Å². The summed E-state index contributed by atoms with van der Waals surface area (Å²) >= 11 is 0. The van der Waals surface area contributed by atoms with Crippen molar-refractivity contribution in [2.45, 2.75) is 38.8 Å². The molecule has 1 aliphatic rings. The predicted molar refractivity (Wildman–Crippen MR) is 68.9 cm³/mol. The maximum Gasteiger partial charge on any atom is 0.224 e. The van der Waals surface area contributed by atoms with Gasteiger partial charge < -0.3 is 16.0 Å². The Hall–Kier alpha value is -0.810. The highest BCUT2D eigenvalue weighted by Crippen LogP contribution is 2.10. The minimum absolute atomic E-state index is 0. The first kappa shape index (κ1) is 16.2. The van der Waals surface area contributed by atoms with Gasteiger partial charge in [0.05, 0.1) is 0 Å². The van der Waals surface area contributed by atoms with E-state index in [-0.39, 0.29) is 42.2 Å². The third-order valence-corrected chi connectivity index (χ3v) is 3.18. The van der Waals surface area contributed by atoms with Crippen molar-refractivity contribution in [3.05, 3.63) is 0 Å². The van der Waals surface area contributed by atoms with Crippen molar-refractivity contribution < 1.29 is 9.59 Å². The normalized spacial score (nSPS) is 23.6. The number of nitrogens with two attached hydrogens (primary N) is 1. The fourth-order valence-corrected chi connectivity index (χ4v) is 1.70. The van der Waals surface area contributed by atoms with E-state index in [1.807, 2.05) is 13.8 Å². The van der Waals surface area contributed by atoms with Gasteiger partial charge >= 0.3 is 0 Å². The van der Waals surface area contributed by atoms with Crippen LogP contribution >= 0.6 is 12.4 Å². The summed E-state index contributed by atoms with van der Waals surface area (Å²) in [5.41, 5.74) is 5.67. The molecule has 0 spiro atoms. The molecule has 0 radical (unpaired) electrons. The number of nitrogens with zero attached hydrogens (tertiary/aromatic N) is 1. The summed E-state index contributed by atoms with van der Waals surface area (Å²) in [5.74, 6) is -0.0728. The first-order chi connectivity index (χ1) is 7.41. The zero-order valence-electron chi connectivity index (χ0n) is 10.6. The van der Waals surface area contributed by atoms with Gasteiger partial charge in [0.25, 0.3) is 0 Å². The Bertz CT molecular complexity index is 284. The third-order valence-electron chi connectivity index (χ3n) is 3.18. The van der Waals surface area contributed by atoms with Crippen molar-refractivity contribution in [3.8, 4) is 0 Å². The zero-order chi connectivity index (χ0) is 12.3. The molecule has 1 heterocycles. The quantitative estimate of drug-likeness (QED) is 0.760. The molecule has 3 unspecified atom stereocenters. The van der Waals surface area contributed by atoms with Gasteiger partial charge in [-0.3, -0.25) is 9.59 Å². The number of rotatable bonds is 3. The molecule has 17 heavy (non-hydrogen) atoms. The van der Waals surface area contributed by atoms with Crippen molar-refractivity contribution in [2.75, 3.05) is 13.6 Å². The van der Waals surface area contributed by atoms with Crippen LogP contribution in [-0.4, -0.2) is 42.4 Å². The number of hydrogen-bond acceptors (Lipinski definition) is 3. The molecule has 6 heteroatoms. The molecular weight excluding hydrogens is 242 g/mol. The van der Waals surface area contributed by atoms with E-state index in [1.54, 1.807) is 11.9 Å². The molecule has 0 saturated carbocycles. The second kappa shape index (κ2) is 6.81. The van der Waals surface area contributed by atoms with Crippen molar-refractivity contribution in [1.82, 2.24) is 10.2 Å². The van der Waals surface area contributed by atoms with Crippen LogP contribution in [0.25, 0.3) is 0 Å². The van der Waals surface area contributed by atoms with Crippen LogP contribution in [0.5, 0.6) is 0 Å². The predicted octanol–water partition coefficient (Wildman–Crippen LogP) is 0.128. The monoisotopic (exact) mass is 263 g/mol. The van der Waals surface area contributed by atoms with Crippen LogP contribution in [0.1, 0.15) is 26.7 Å². The molecule has 0 aromatic heterocycles. The molecule has 1 fully saturated rings. The maximum absolute atomic E-state index is 11.7. The van der Waals surface area contributed by atoms with Crippen molar-refractivity contribution in [1.29, 1.82) is 0 Å². The van der Waals surface area contributed by atoms with Gasteiger partial charge in [-0.2, -0.15) is 0 Å². The van der Waals surface area contributed by atoms with Crippen LogP contribution in [0.15, 0.2) is 0 Å². The number of carbonyl (C=O) groups is 2. The molecule has 100 valence electrons. The smallest absolute Gasteiger partial charge is 0.224 e. The molecule has 3 N–H and O–H groups in total. The Balaban J connectivity index is 0.00000256. The minimum Gasteiger partial charge on any atom is -0.351 e. The van der Waals surface area contributed by atoms with Crippen molar-refractivity contribution in [2.24, 2.45) is 11.7 Å². The lowest BCUT2D eigenvalue weighted by Crippen LogP contribution is -2.51. The van der Waals surface area contributed by atoms with Crippen LogP contribution < -0.4 is 11.1 Å². The molecule has 1 rings (SSSR count). The number of amides is 2. The van der Waals surface area contributed by atoms with E-state index >= 15 is 0 Å². The number of hydrogen-bond donors (Lipinski definition) is 2. The Morgan fingerprint density at radius 1 is 1.53 bits per heavy atom. The van der Waals surface area contributed by atoms with E-state index in [1.165, 1.54) is 0 Å². The molecule has 0 aromatic rings. The first-order valence-electron chi connectivity index (χ1n) is 5.71. The fraction of sp³-hybridized carbons (Fsp3) is 0.818. The van der Waals surface area contributed by atoms with E-state index in [2.05, 4.69) is 5.32 Å². The lowest BCUT2D eigenvalue weighted by Gasteiger charge is -2.31. The number of likely N-dealkylation sites (N-methyl/N-ethyl adjacent to an activating group) is 1. The lowest BCUT2D eigenvalue weighted by atomic mass is 10.0. The highest BCUT2D eigenvalue weighted by Gasteiger charge is 2.26. The minimum atomic E-state index is -0.192. The first-order valence-corrected chi connectivity index (χ1v) is 5.71. The van der Waals surface area contributed by atoms with Gasteiger partial charge in [-0.15, -0.1) is 12.4 Å². The van der Waals surface area contributed by atoms with Crippen LogP contribution in [0.4, 0.5) is 0 Å². The van der Waals surface area contributed by atoms with Crippen molar-refractivity contribution >= 4 is 24.2 Å². The Morgan fingerprint density at radius 3 is 2.59 bits per heavy atom.